The summed E-state index contributed by atoms with van der Waals surface area (Å²) in [4.78, 5) is 32.2. The fourth-order valence-electron chi connectivity index (χ4n) is 4.83. The van der Waals surface area contributed by atoms with Crippen LogP contribution in [0.1, 0.15) is 53.2 Å². The highest BCUT2D eigenvalue weighted by molar-refractivity contribution is 7.90. The number of carbonyl (C=O) groups excluding carboxylic acids is 2. The minimum atomic E-state index is -4.84. The van der Waals surface area contributed by atoms with Gasteiger partial charge in [-0.15, -0.1) is 5.73 Å². The Labute approximate surface area is 223 Å². The van der Waals surface area contributed by atoms with Crippen molar-refractivity contribution in [2.75, 3.05) is 12.8 Å². The van der Waals surface area contributed by atoms with Gasteiger partial charge in [0, 0.05) is 24.6 Å². The molecule has 1 aromatic carbocycles. The van der Waals surface area contributed by atoms with Gasteiger partial charge in [-0.2, -0.15) is 13.2 Å². The number of nitrogens with zero attached hydrogens (tertiary/aromatic N) is 2. The maximum Gasteiger partial charge on any atom is 0.419 e. The summed E-state index contributed by atoms with van der Waals surface area (Å²) < 4.78 is 77.3. The first-order valence-electron chi connectivity index (χ1n) is 12.3. The van der Waals surface area contributed by atoms with Crippen molar-refractivity contribution in [1.29, 1.82) is 0 Å². The zero-order valence-electron chi connectivity index (χ0n) is 21.0. The first-order valence-corrected chi connectivity index (χ1v) is 14.2. The van der Waals surface area contributed by atoms with Gasteiger partial charge in [0.05, 0.1) is 11.6 Å². The molecule has 1 saturated heterocycles. The lowest BCUT2D eigenvalue weighted by Gasteiger charge is -2.27. The molecule has 0 unspecified atom stereocenters. The first-order chi connectivity index (χ1) is 18.3. The van der Waals surface area contributed by atoms with Crippen LogP contribution in [0.25, 0.3) is 0 Å². The maximum atomic E-state index is 14.3. The topological polar surface area (TPSA) is 96.4 Å². The van der Waals surface area contributed by atoms with Crippen LogP contribution in [0.2, 0.25) is 0 Å². The predicted octanol–water partition coefficient (Wildman–Crippen LogP) is 4.47. The molecule has 4 rings (SSSR count). The highest BCUT2D eigenvalue weighted by Gasteiger charge is 2.42. The number of likely N-dealkylation sites (tertiary alicyclic amines) is 1. The van der Waals surface area contributed by atoms with Crippen LogP contribution in [-0.2, 0) is 20.8 Å². The van der Waals surface area contributed by atoms with Crippen molar-refractivity contribution < 1.29 is 35.6 Å². The molecule has 39 heavy (non-hydrogen) atoms. The van der Waals surface area contributed by atoms with E-state index in [0.717, 1.165) is 24.5 Å². The molecule has 1 aliphatic heterocycles. The van der Waals surface area contributed by atoms with E-state index in [4.69, 9.17) is 0 Å². The van der Waals surface area contributed by atoms with Gasteiger partial charge in [0.1, 0.15) is 11.9 Å². The number of hydrogen-bond acceptors (Lipinski definition) is 5. The normalized spacial score (nSPS) is 20.3. The molecule has 1 aliphatic carbocycles. The Kier molecular flexibility index (Phi) is 7.99. The second kappa shape index (κ2) is 10.9. The van der Waals surface area contributed by atoms with Crippen LogP contribution in [0.15, 0.2) is 59.9 Å². The molecule has 0 radical (unpaired) electrons. The molecule has 2 fully saturated rings. The third-order valence-electron chi connectivity index (χ3n) is 6.96. The van der Waals surface area contributed by atoms with E-state index < -0.39 is 51.3 Å². The monoisotopic (exact) mass is 565 g/mol. The SMILES string of the molecule is C=C=CC[C@@H]1C[C@H](C(=O)N[C@@H](c2ccc(C(F)(F)F)c(F)c2)C2CC2)N(C(=O)c2ccnc(S(C)(=O)=O)c2)C1. The summed E-state index contributed by atoms with van der Waals surface area (Å²) in [6.45, 7) is 3.74. The molecule has 7 nitrogen and oxygen atoms in total. The van der Waals surface area contributed by atoms with Gasteiger partial charge in [-0.1, -0.05) is 12.6 Å². The molecule has 2 aromatic rings. The van der Waals surface area contributed by atoms with Crippen LogP contribution in [-0.4, -0.2) is 49.0 Å². The van der Waals surface area contributed by atoms with E-state index in [1.165, 1.54) is 17.2 Å². The molecular weight excluding hydrogens is 538 g/mol. The van der Waals surface area contributed by atoms with E-state index in [2.05, 4.69) is 22.6 Å². The Hall–Kier alpha value is -3.50. The van der Waals surface area contributed by atoms with Crippen LogP contribution >= 0.6 is 0 Å². The fraction of sp³-hybridized carbons (Fsp3) is 0.407. The summed E-state index contributed by atoms with van der Waals surface area (Å²) in [7, 11) is -3.68. The first kappa shape index (κ1) is 28.5. The average molecular weight is 566 g/mol. The van der Waals surface area contributed by atoms with Gasteiger partial charge in [-0.05, 0) is 73.4 Å². The number of benzene rings is 1. The molecule has 208 valence electrons. The molecular formula is C27H27F4N3O4S. The highest BCUT2D eigenvalue weighted by atomic mass is 32.2. The number of amides is 2. The van der Waals surface area contributed by atoms with Crippen molar-refractivity contribution in [3.05, 3.63) is 77.4 Å². The van der Waals surface area contributed by atoms with Gasteiger partial charge < -0.3 is 10.2 Å². The third kappa shape index (κ3) is 6.57. The zero-order chi connectivity index (χ0) is 28.5. The molecule has 2 heterocycles. The number of nitrogens with one attached hydrogen (secondary N) is 1. The maximum absolute atomic E-state index is 14.3. The number of halogens is 4. The van der Waals surface area contributed by atoms with Crippen molar-refractivity contribution in [2.45, 2.75) is 49.0 Å². The van der Waals surface area contributed by atoms with Crippen LogP contribution in [0, 0.1) is 17.7 Å². The lowest BCUT2D eigenvalue weighted by molar-refractivity contribution is -0.140. The quantitative estimate of drug-likeness (QED) is 0.376. The van der Waals surface area contributed by atoms with Crippen LogP contribution < -0.4 is 5.32 Å². The lowest BCUT2D eigenvalue weighted by atomic mass is 9.98. The number of allylic oxidation sites excluding steroid dienone is 1. The summed E-state index contributed by atoms with van der Waals surface area (Å²) in [5.74, 6) is -2.70. The Morgan fingerprint density at radius 2 is 1.97 bits per heavy atom. The number of alkyl halides is 3. The minimum Gasteiger partial charge on any atom is -0.347 e. The van der Waals surface area contributed by atoms with E-state index in [9.17, 15) is 35.6 Å². The second-order valence-electron chi connectivity index (χ2n) is 9.93. The summed E-state index contributed by atoms with van der Waals surface area (Å²) in [6, 6.07) is 3.48. The molecule has 0 bridgehead atoms. The van der Waals surface area contributed by atoms with Crippen molar-refractivity contribution in [2.24, 2.45) is 11.8 Å². The molecule has 1 aromatic heterocycles. The van der Waals surface area contributed by atoms with E-state index in [-0.39, 0.29) is 34.5 Å². The van der Waals surface area contributed by atoms with Gasteiger partial charge in [0.25, 0.3) is 5.91 Å². The number of pyridine rings is 1. The molecule has 1 saturated carbocycles. The fourth-order valence-corrected chi connectivity index (χ4v) is 5.43. The van der Waals surface area contributed by atoms with Crippen molar-refractivity contribution in [3.63, 3.8) is 0 Å². The van der Waals surface area contributed by atoms with E-state index in [1.54, 1.807) is 6.08 Å². The molecule has 2 amide bonds. The number of hydrogen-bond donors (Lipinski definition) is 1. The lowest BCUT2D eigenvalue weighted by Crippen LogP contribution is -2.47. The minimum absolute atomic E-state index is 0.0479. The average Bonchev–Trinajstić information content (AvgIpc) is 3.62. The van der Waals surface area contributed by atoms with Crippen LogP contribution in [0.4, 0.5) is 17.6 Å². The standard InChI is InChI=1S/C27H27F4N3O4S/c1-3-4-5-16-12-22(34(15-16)26(36)19-10-11-32-23(14-19)39(2,37)38)25(35)33-24(17-6-7-17)18-8-9-20(21(28)13-18)27(29,30)31/h4,8-11,13-14,16-17,22,24H,1,5-7,12,15H2,2H3,(H,33,35)/t16-,22-,24-/m1/s1. The van der Waals surface area contributed by atoms with E-state index in [1.807, 2.05) is 0 Å². The Morgan fingerprint density at radius 1 is 1.26 bits per heavy atom. The number of carbonyl (C=O) groups is 2. The van der Waals surface area contributed by atoms with Gasteiger partial charge in [0.15, 0.2) is 14.9 Å². The predicted molar refractivity (Wildman–Crippen MR) is 134 cm³/mol. The van der Waals surface area contributed by atoms with Crippen molar-refractivity contribution >= 4 is 21.7 Å². The number of aromatic nitrogens is 1. The summed E-state index contributed by atoms with van der Waals surface area (Å²) >= 11 is 0. The van der Waals surface area contributed by atoms with Gasteiger partial charge in [-0.25, -0.2) is 17.8 Å². The van der Waals surface area contributed by atoms with Crippen LogP contribution in [0.5, 0.6) is 0 Å². The van der Waals surface area contributed by atoms with Gasteiger partial charge in [-0.3, -0.25) is 9.59 Å². The van der Waals surface area contributed by atoms with Crippen molar-refractivity contribution in [1.82, 2.24) is 15.2 Å². The summed E-state index contributed by atoms with van der Waals surface area (Å²) in [6.07, 6.45) is 1.23. The second-order valence-corrected chi connectivity index (χ2v) is 11.9. The number of rotatable bonds is 8. The Morgan fingerprint density at radius 3 is 2.56 bits per heavy atom. The van der Waals surface area contributed by atoms with Gasteiger partial charge in [0.2, 0.25) is 5.91 Å². The summed E-state index contributed by atoms with van der Waals surface area (Å²) in [5.41, 5.74) is 1.54. The number of sulfone groups is 1. The zero-order valence-corrected chi connectivity index (χ0v) is 21.9. The molecule has 3 atom stereocenters. The Balaban J connectivity index is 1.60. The molecule has 1 N–H and O–H groups in total. The smallest absolute Gasteiger partial charge is 0.347 e. The van der Waals surface area contributed by atoms with Crippen LogP contribution in [0.3, 0.4) is 0 Å². The van der Waals surface area contributed by atoms with E-state index >= 15 is 0 Å². The molecule has 2 aliphatic rings. The van der Waals surface area contributed by atoms with Gasteiger partial charge >= 0.3 is 6.18 Å². The third-order valence-corrected chi connectivity index (χ3v) is 7.94. The Bertz CT molecular complexity index is 1430. The molecule has 12 heteroatoms. The summed E-state index contributed by atoms with van der Waals surface area (Å²) in [5, 5.41) is 2.56. The highest BCUT2D eigenvalue weighted by Crippen LogP contribution is 2.42. The largest absolute Gasteiger partial charge is 0.419 e. The molecule has 0 spiro atoms. The van der Waals surface area contributed by atoms with Crippen molar-refractivity contribution in [3.8, 4) is 0 Å². The van der Waals surface area contributed by atoms with E-state index in [0.29, 0.717) is 31.7 Å².